The number of rotatable bonds is 4. The van der Waals surface area contributed by atoms with E-state index in [0.717, 1.165) is 33.7 Å². The molecule has 1 aromatic carbocycles. The summed E-state index contributed by atoms with van der Waals surface area (Å²) in [6, 6.07) is 11.9. The number of nitrogens with zero attached hydrogens (tertiary/aromatic N) is 2. The number of hydrogen-bond donors (Lipinski definition) is 1. The van der Waals surface area contributed by atoms with E-state index in [0.29, 0.717) is 6.54 Å². The number of aryl methyl sites for hydroxylation is 1. The van der Waals surface area contributed by atoms with Crippen LogP contribution in [0.2, 0.25) is 0 Å². The SMILES string of the molecule is Cc1ccc(CN(C)c2ncc(CO)c3ccccc23)o1. The van der Waals surface area contributed by atoms with Crippen molar-refractivity contribution >= 4 is 16.6 Å². The van der Waals surface area contributed by atoms with Gasteiger partial charge in [0.2, 0.25) is 0 Å². The molecular weight excluding hydrogens is 264 g/mol. The molecule has 0 atom stereocenters. The molecule has 0 aliphatic heterocycles. The van der Waals surface area contributed by atoms with Gasteiger partial charge in [0.15, 0.2) is 0 Å². The molecule has 3 aromatic rings. The summed E-state index contributed by atoms with van der Waals surface area (Å²) in [5.74, 6) is 2.70. The van der Waals surface area contributed by atoms with Crippen molar-refractivity contribution in [3.63, 3.8) is 0 Å². The van der Waals surface area contributed by atoms with Crippen molar-refractivity contribution in [3.8, 4) is 0 Å². The molecule has 3 rings (SSSR count). The maximum atomic E-state index is 9.43. The highest BCUT2D eigenvalue weighted by atomic mass is 16.3. The number of benzene rings is 1. The minimum Gasteiger partial charge on any atom is -0.464 e. The summed E-state index contributed by atoms with van der Waals surface area (Å²) in [4.78, 5) is 6.56. The number of furan rings is 1. The number of hydrogen-bond acceptors (Lipinski definition) is 4. The summed E-state index contributed by atoms with van der Waals surface area (Å²) < 4.78 is 5.62. The van der Waals surface area contributed by atoms with Crippen LogP contribution in [0.25, 0.3) is 10.8 Å². The van der Waals surface area contributed by atoms with Gasteiger partial charge in [0, 0.05) is 24.2 Å². The molecule has 1 N–H and O–H groups in total. The molecule has 0 saturated carbocycles. The second kappa shape index (κ2) is 5.58. The van der Waals surface area contributed by atoms with Gasteiger partial charge in [-0.2, -0.15) is 0 Å². The first kappa shape index (κ1) is 13.6. The molecule has 0 saturated heterocycles. The minimum atomic E-state index is -0.00507. The van der Waals surface area contributed by atoms with E-state index in [1.807, 2.05) is 50.4 Å². The topological polar surface area (TPSA) is 49.5 Å². The molecule has 108 valence electrons. The monoisotopic (exact) mass is 282 g/mol. The van der Waals surface area contributed by atoms with Crippen LogP contribution in [0.1, 0.15) is 17.1 Å². The number of aromatic nitrogens is 1. The molecule has 0 bridgehead atoms. The number of aliphatic hydroxyl groups excluding tert-OH is 1. The molecule has 21 heavy (non-hydrogen) atoms. The predicted molar refractivity (Wildman–Crippen MR) is 83.2 cm³/mol. The van der Waals surface area contributed by atoms with Crippen LogP contribution in [0.15, 0.2) is 47.0 Å². The zero-order valence-corrected chi connectivity index (χ0v) is 12.2. The fourth-order valence-electron chi connectivity index (χ4n) is 2.55. The van der Waals surface area contributed by atoms with Gasteiger partial charge < -0.3 is 14.4 Å². The van der Waals surface area contributed by atoms with Crippen LogP contribution >= 0.6 is 0 Å². The standard InChI is InChI=1S/C17H18N2O2/c1-12-7-8-14(21-12)10-19(2)17-16-6-4-3-5-15(16)13(11-20)9-18-17/h3-9,20H,10-11H2,1-2H3. The summed E-state index contributed by atoms with van der Waals surface area (Å²) in [5.41, 5.74) is 0.844. The van der Waals surface area contributed by atoms with E-state index in [2.05, 4.69) is 9.88 Å². The predicted octanol–water partition coefficient (Wildman–Crippen LogP) is 3.26. The van der Waals surface area contributed by atoms with Crippen LogP contribution in [0.5, 0.6) is 0 Å². The molecule has 0 unspecified atom stereocenters. The Kier molecular flexibility index (Phi) is 3.62. The molecule has 0 fully saturated rings. The first-order valence-electron chi connectivity index (χ1n) is 6.93. The first-order valence-corrected chi connectivity index (χ1v) is 6.93. The summed E-state index contributed by atoms with van der Waals surface area (Å²) in [6.07, 6.45) is 1.74. The molecule has 0 amide bonds. The Bertz CT molecular complexity index is 764. The zero-order valence-electron chi connectivity index (χ0n) is 12.2. The van der Waals surface area contributed by atoms with E-state index >= 15 is 0 Å². The van der Waals surface area contributed by atoms with Gasteiger partial charge in [0.1, 0.15) is 17.3 Å². The Morgan fingerprint density at radius 3 is 2.57 bits per heavy atom. The first-order chi connectivity index (χ1) is 10.2. The highest BCUT2D eigenvalue weighted by Crippen LogP contribution is 2.27. The Morgan fingerprint density at radius 1 is 1.14 bits per heavy atom. The van der Waals surface area contributed by atoms with Crippen molar-refractivity contribution in [3.05, 3.63) is 59.7 Å². The Balaban J connectivity index is 2.00. The Morgan fingerprint density at radius 2 is 1.90 bits per heavy atom. The molecule has 0 radical (unpaired) electrons. The molecular formula is C17H18N2O2. The fraction of sp³-hybridized carbons (Fsp3) is 0.235. The van der Waals surface area contributed by atoms with Crippen LogP contribution in [0, 0.1) is 6.92 Å². The third-order valence-corrected chi connectivity index (χ3v) is 3.58. The van der Waals surface area contributed by atoms with Crippen molar-refractivity contribution < 1.29 is 9.52 Å². The summed E-state index contributed by atoms with van der Waals surface area (Å²) in [7, 11) is 1.99. The molecule has 0 spiro atoms. The average molecular weight is 282 g/mol. The summed E-state index contributed by atoms with van der Waals surface area (Å²) in [5, 5.41) is 11.5. The number of fused-ring (bicyclic) bond motifs is 1. The maximum absolute atomic E-state index is 9.43. The van der Waals surface area contributed by atoms with Gasteiger partial charge in [-0.1, -0.05) is 24.3 Å². The fourth-order valence-corrected chi connectivity index (χ4v) is 2.55. The lowest BCUT2D eigenvalue weighted by molar-refractivity contribution is 0.283. The van der Waals surface area contributed by atoms with Gasteiger partial charge in [-0.25, -0.2) is 4.98 Å². The lowest BCUT2D eigenvalue weighted by atomic mass is 10.1. The van der Waals surface area contributed by atoms with E-state index in [1.54, 1.807) is 6.20 Å². The Labute approximate surface area is 123 Å². The average Bonchev–Trinajstić information content (AvgIpc) is 2.91. The van der Waals surface area contributed by atoms with Crippen molar-refractivity contribution in [2.24, 2.45) is 0 Å². The third kappa shape index (κ3) is 2.62. The third-order valence-electron chi connectivity index (χ3n) is 3.58. The molecule has 0 aliphatic carbocycles. The van der Waals surface area contributed by atoms with E-state index < -0.39 is 0 Å². The van der Waals surface area contributed by atoms with Gasteiger partial charge in [-0.3, -0.25) is 0 Å². The van der Waals surface area contributed by atoms with E-state index in [4.69, 9.17) is 4.42 Å². The van der Waals surface area contributed by atoms with Crippen LogP contribution in [0.3, 0.4) is 0 Å². The van der Waals surface area contributed by atoms with E-state index in [1.165, 1.54) is 0 Å². The van der Waals surface area contributed by atoms with Crippen LogP contribution in [-0.4, -0.2) is 17.1 Å². The molecule has 2 aromatic heterocycles. The van der Waals surface area contributed by atoms with Crippen LogP contribution < -0.4 is 4.90 Å². The lowest BCUT2D eigenvalue weighted by Gasteiger charge is -2.19. The van der Waals surface area contributed by atoms with Gasteiger partial charge in [0.05, 0.1) is 13.2 Å². The molecule has 0 aliphatic rings. The van der Waals surface area contributed by atoms with Crippen LogP contribution in [-0.2, 0) is 13.2 Å². The smallest absolute Gasteiger partial charge is 0.136 e. The van der Waals surface area contributed by atoms with Gasteiger partial charge in [-0.05, 0) is 24.4 Å². The normalized spacial score (nSPS) is 11.0. The highest BCUT2D eigenvalue weighted by molar-refractivity contribution is 5.94. The van der Waals surface area contributed by atoms with Gasteiger partial charge >= 0.3 is 0 Å². The van der Waals surface area contributed by atoms with Gasteiger partial charge in [0.25, 0.3) is 0 Å². The van der Waals surface area contributed by atoms with Crippen molar-refractivity contribution in [2.75, 3.05) is 11.9 Å². The second-order valence-electron chi connectivity index (χ2n) is 5.18. The van der Waals surface area contributed by atoms with Crippen molar-refractivity contribution in [1.82, 2.24) is 4.98 Å². The maximum Gasteiger partial charge on any atom is 0.136 e. The largest absolute Gasteiger partial charge is 0.464 e. The number of aliphatic hydroxyl groups is 1. The molecule has 2 heterocycles. The number of anilines is 1. The second-order valence-corrected chi connectivity index (χ2v) is 5.18. The zero-order chi connectivity index (χ0) is 14.8. The van der Waals surface area contributed by atoms with E-state index in [-0.39, 0.29) is 6.61 Å². The number of pyridine rings is 1. The van der Waals surface area contributed by atoms with Crippen molar-refractivity contribution in [1.29, 1.82) is 0 Å². The van der Waals surface area contributed by atoms with Crippen LogP contribution in [0.4, 0.5) is 5.82 Å². The minimum absolute atomic E-state index is 0.00507. The van der Waals surface area contributed by atoms with Crippen molar-refractivity contribution in [2.45, 2.75) is 20.1 Å². The summed E-state index contributed by atoms with van der Waals surface area (Å²) in [6.45, 7) is 2.59. The quantitative estimate of drug-likeness (QED) is 0.798. The summed E-state index contributed by atoms with van der Waals surface area (Å²) >= 11 is 0. The van der Waals surface area contributed by atoms with Gasteiger partial charge in [-0.15, -0.1) is 0 Å². The molecule has 4 nitrogen and oxygen atoms in total. The van der Waals surface area contributed by atoms with E-state index in [9.17, 15) is 5.11 Å². The molecule has 4 heteroatoms. The highest BCUT2D eigenvalue weighted by Gasteiger charge is 2.12. The Hall–Kier alpha value is -2.33. The lowest BCUT2D eigenvalue weighted by Crippen LogP contribution is -2.17.